The van der Waals surface area contributed by atoms with Crippen molar-refractivity contribution in [3.8, 4) is 11.8 Å². The summed E-state index contributed by atoms with van der Waals surface area (Å²) in [5.41, 5.74) is -0.101. The summed E-state index contributed by atoms with van der Waals surface area (Å²) in [6.45, 7) is -0.376. The molecule has 0 saturated carbocycles. The van der Waals surface area contributed by atoms with E-state index in [4.69, 9.17) is 5.11 Å². The Morgan fingerprint density at radius 2 is 2.20 bits per heavy atom. The standard InChI is InChI=1S/C11H11FN2O5S/c1-19-11(16)14-20(17,18)13-10-5-4-8(3-2-6-15)7-9(10)12/h4-5,7,13,15H,6H2,1H3,(H,14,16). The van der Waals surface area contributed by atoms with Crippen molar-refractivity contribution in [2.24, 2.45) is 0 Å². The molecular formula is C11H11FN2O5S. The molecule has 0 saturated heterocycles. The number of halogens is 1. The van der Waals surface area contributed by atoms with Gasteiger partial charge in [-0.2, -0.15) is 8.42 Å². The predicted molar refractivity (Wildman–Crippen MR) is 68.4 cm³/mol. The summed E-state index contributed by atoms with van der Waals surface area (Å²) in [4.78, 5) is 10.8. The fraction of sp³-hybridized carbons (Fsp3) is 0.182. The largest absolute Gasteiger partial charge is 0.452 e. The molecule has 1 aromatic carbocycles. The van der Waals surface area contributed by atoms with E-state index in [0.717, 1.165) is 19.2 Å². The van der Waals surface area contributed by atoms with Crippen molar-refractivity contribution in [3.63, 3.8) is 0 Å². The number of amides is 1. The molecule has 7 nitrogen and oxygen atoms in total. The van der Waals surface area contributed by atoms with Gasteiger partial charge in [0, 0.05) is 5.56 Å². The predicted octanol–water partition coefficient (Wildman–Crippen LogP) is 0.182. The number of hydrogen-bond donors (Lipinski definition) is 3. The molecule has 108 valence electrons. The van der Waals surface area contributed by atoms with E-state index in [9.17, 15) is 17.6 Å². The Morgan fingerprint density at radius 3 is 2.75 bits per heavy atom. The Bertz CT molecular complexity index is 663. The van der Waals surface area contributed by atoms with Crippen LogP contribution in [-0.4, -0.2) is 33.3 Å². The van der Waals surface area contributed by atoms with E-state index < -0.39 is 22.1 Å². The van der Waals surface area contributed by atoms with Gasteiger partial charge in [-0.25, -0.2) is 13.9 Å². The fourth-order valence-corrected chi connectivity index (χ4v) is 1.95. The number of aliphatic hydroxyl groups is 1. The molecule has 0 aliphatic heterocycles. The van der Waals surface area contributed by atoms with Crippen molar-refractivity contribution in [1.29, 1.82) is 0 Å². The van der Waals surface area contributed by atoms with Crippen molar-refractivity contribution in [2.45, 2.75) is 0 Å². The van der Waals surface area contributed by atoms with Crippen molar-refractivity contribution < 1.29 is 27.4 Å². The van der Waals surface area contributed by atoms with E-state index in [0.29, 0.717) is 0 Å². The van der Waals surface area contributed by atoms with Gasteiger partial charge in [-0.15, -0.1) is 0 Å². The van der Waals surface area contributed by atoms with Crippen LogP contribution in [0.5, 0.6) is 0 Å². The Labute approximate surface area is 114 Å². The number of nitrogens with one attached hydrogen (secondary N) is 2. The quantitative estimate of drug-likeness (QED) is 0.691. The summed E-state index contributed by atoms with van der Waals surface area (Å²) in [5.74, 6) is 3.90. The first-order valence-corrected chi connectivity index (χ1v) is 6.64. The molecule has 0 aliphatic carbocycles. The lowest BCUT2D eigenvalue weighted by Crippen LogP contribution is -2.35. The number of methoxy groups -OCH3 is 1. The Kier molecular flexibility index (Phi) is 5.31. The lowest BCUT2D eigenvalue weighted by atomic mass is 10.2. The van der Waals surface area contributed by atoms with Crippen LogP contribution in [0.15, 0.2) is 18.2 Å². The molecule has 1 aromatic rings. The topological polar surface area (TPSA) is 105 Å². The van der Waals surface area contributed by atoms with Gasteiger partial charge < -0.3 is 9.84 Å². The number of carbonyl (C=O) groups is 1. The monoisotopic (exact) mass is 302 g/mol. The Balaban J connectivity index is 2.91. The average molecular weight is 302 g/mol. The summed E-state index contributed by atoms with van der Waals surface area (Å²) < 4.78 is 43.9. The van der Waals surface area contributed by atoms with Gasteiger partial charge in [-0.05, 0) is 18.2 Å². The summed E-state index contributed by atoms with van der Waals surface area (Å²) >= 11 is 0. The maximum Gasteiger partial charge on any atom is 0.422 e. The first-order chi connectivity index (χ1) is 9.38. The molecule has 0 aliphatic rings. The molecule has 9 heteroatoms. The Hall–Kier alpha value is -2.31. The SMILES string of the molecule is COC(=O)NS(=O)(=O)Nc1ccc(C#CCO)cc1F. The number of rotatable bonds is 3. The van der Waals surface area contributed by atoms with Crippen LogP contribution in [-0.2, 0) is 14.9 Å². The van der Waals surface area contributed by atoms with E-state index in [-0.39, 0.29) is 17.9 Å². The summed E-state index contributed by atoms with van der Waals surface area (Å²) in [6, 6.07) is 3.47. The first-order valence-electron chi connectivity index (χ1n) is 5.15. The number of carbonyl (C=O) groups excluding carboxylic acids is 1. The third kappa shape index (κ3) is 4.75. The lowest BCUT2D eigenvalue weighted by molar-refractivity contribution is 0.177. The van der Waals surface area contributed by atoms with Crippen LogP contribution in [0, 0.1) is 17.7 Å². The van der Waals surface area contributed by atoms with Crippen molar-refractivity contribution in [1.82, 2.24) is 4.72 Å². The maximum atomic E-state index is 13.6. The van der Waals surface area contributed by atoms with E-state index in [1.807, 2.05) is 4.72 Å². The molecule has 0 fully saturated rings. The molecule has 1 amide bonds. The zero-order valence-corrected chi connectivity index (χ0v) is 11.1. The van der Waals surface area contributed by atoms with E-state index in [2.05, 4.69) is 16.6 Å². The van der Waals surface area contributed by atoms with Crippen LogP contribution in [0.3, 0.4) is 0 Å². The molecule has 0 unspecified atom stereocenters. The molecule has 0 heterocycles. The number of hydrogen-bond acceptors (Lipinski definition) is 5. The number of anilines is 1. The van der Waals surface area contributed by atoms with Crippen LogP contribution in [0.25, 0.3) is 0 Å². The maximum absolute atomic E-state index is 13.6. The summed E-state index contributed by atoms with van der Waals surface area (Å²) in [7, 11) is -3.30. The molecule has 0 spiro atoms. The van der Waals surface area contributed by atoms with Crippen molar-refractivity contribution in [2.75, 3.05) is 18.4 Å². The average Bonchev–Trinajstić information content (AvgIpc) is 2.38. The van der Waals surface area contributed by atoms with E-state index >= 15 is 0 Å². The highest BCUT2D eigenvalue weighted by molar-refractivity contribution is 7.91. The highest BCUT2D eigenvalue weighted by atomic mass is 32.2. The second-order valence-corrected chi connectivity index (χ2v) is 4.77. The van der Waals surface area contributed by atoms with Gasteiger partial charge >= 0.3 is 16.3 Å². The third-order valence-electron chi connectivity index (χ3n) is 1.93. The molecule has 1 rings (SSSR count). The van der Waals surface area contributed by atoms with Gasteiger partial charge in [-0.1, -0.05) is 11.8 Å². The van der Waals surface area contributed by atoms with Gasteiger partial charge in [0.05, 0.1) is 12.8 Å². The van der Waals surface area contributed by atoms with Gasteiger partial charge in [0.15, 0.2) is 0 Å². The van der Waals surface area contributed by atoms with Gasteiger partial charge in [0.25, 0.3) is 0 Å². The summed E-state index contributed by atoms with van der Waals surface area (Å²) in [6.07, 6.45) is -1.21. The fourth-order valence-electron chi connectivity index (χ4n) is 1.14. The number of benzene rings is 1. The zero-order valence-electron chi connectivity index (χ0n) is 10.3. The van der Waals surface area contributed by atoms with Crippen LogP contribution >= 0.6 is 0 Å². The molecule has 20 heavy (non-hydrogen) atoms. The minimum absolute atomic E-state index is 0.264. The molecule has 0 bridgehead atoms. The normalized spacial score (nSPS) is 10.2. The van der Waals surface area contributed by atoms with Crippen molar-refractivity contribution >= 4 is 22.0 Å². The lowest BCUT2D eigenvalue weighted by Gasteiger charge is -2.09. The van der Waals surface area contributed by atoms with E-state index in [1.165, 1.54) is 10.8 Å². The molecule has 0 radical (unpaired) electrons. The molecule has 3 N–H and O–H groups in total. The highest BCUT2D eigenvalue weighted by Crippen LogP contribution is 2.16. The van der Waals surface area contributed by atoms with E-state index in [1.54, 1.807) is 0 Å². The molecular weight excluding hydrogens is 291 g/mol. The zero-order chi connectivity index (χ0) is 15.2. The number of ether oxygens (including phenoxy) is 1. The molecule has 0 atom stereocenters. The summed E-state index contributed by atoms with van der Waals surface area (Å²) in [5, 5.41) is 8.50. The number of aliphatic hydroxyl groups excluding tert-OH is 1. The minimum atomic E-state index is -4.29. The van der Waals surface area contributed by atoms with Crippen LogP contribution < -0.4 is 9.44 Å². The van der Waals surface area contributed by atoms with Gasteiger partial charge in [-0.3, -0.25) is 4.72 Å². The smallest absolute Gasteiger partial charge is 0.422 e. The third-order valence-corrected chi connectivity index (χ3v) is 2.85. The second kappa shape index (κ2) is 6.74. The second-order valence-electron chi connectivity index (χ2n) is 3.35. The molecule has 0 aromatic heterocycles. The highest BCUT2D eigenvalue weighted by Gasteiger charge is 2.16. The minimum Gasteiger partial charge on any atom is -0.452 e. The van der Waals surface area contributed by atoms with Crippen molar-refractivity contribution in [3.05, 3.63) is 29.6 Å². The van der Waals surface area contributed by atoms with Crippen LogP contribution in [0.1, 0.15) is 5.56 Å². The Morgan fingerprint density at radius 1 is 1.50 bits per heavy atom. The van der Waals surface area contributed by atoms with Crippen LogP contribution in [0.2, 0.25) is 0 Å². The van der Waals surface area contributed by atoms with Gasteiger partial charge in [0.1, 0.15) is 12.4 Å². The van der Waals surface area contributed by atoms with Crippen LogP contribution in [0.4, 0.5) is 14.9 Å². The van der Waals surface area contributed by atoms with Gasteiger partial charge in [0.2, 0.25) is 0 Å². The first kappa shape index (κ1) is 15.7.